The number of carbonyl (C=O) groups excluding carboxylic acids is 1. The quantitative estimate of drug-likeness (QED) is 0.913. The topological polar surface area (TPSA) is 76.6 Å². The first-order valence-corrected chi connectivity index (χ1v) is 8.47. The number of aromatic nitrogens is 2. The molecule has 1 saturated carbocycles. The van der Waals surface area contributed by atoms with Gasteiger partial charge in [0.25, 0.3) is 0 Å². The first-order chi connectivity index (χ1) is 11.4. The van der Waals surface area contributed by atoms with Crippen molar-refractivity contribution in [3.8, 4) is 5.88 Å². The minimum atomic E-state index is -0.469. The van der Waals surface area contributed by atoms with E-state index in [2.05, 4.69) is 20.4 Å². The second-order valence-corrected chi connectivity index (χ2v) is 7.63. The van der Waals surface area contributed by atoms with Gasteiger partial charge in [-0.05, 0) is 45.4 Å². The van der Waals surface area contributed by atoms with Gasteiger partial charge in [0.15, 0.2) is 0 Å². The predicted octanol–water partition coefficient (Wildman–Crippen LogP) is 2.22. The fraction of sp³-hybridized carbons (Fsp3) is 0.706. The Hall–Kier alpha value is -2.05. The number of hydrogen-bond acceptors (Lipinski definition) is 6. The van der Waals surface area contributed by atoms with Gasteiger partial charge in [-0.25, -0.2) is 4.79 Å². The van der Waals surface area contributed by atoms with Crippen LogP contribution in [0.4, 0.5) is 10.5 Å². The van der Waals surface area contributed by atoms with Gasteiger partial charge < -0.3 is 19.7 Å². The zero-order valence-corrected chi connectivity index (χ0v) is 14.8. The summed E-state index contributed by atoms with van der Waals surface area (Å²) in [5.41, 5.74) is 0.554. The van der Waals surface area contributed by atoms with E-state index in [0.29, 0.717) is 17.7 Å². The van der Waals surface area contributed by atoms with Crippen molar-refractivity contribution in [1.29, 1.82) is 0 Å². The Balaban J connectivity index is 1.65. The summed E-state index contributed by atoms with van der Waals surface area (Å²) < 4.78 is 10.6. The molecule has 2 fully saturated rings. The molecule has 132 valence electrons. The Morgan fingerprint density at radius 2 is 1.96 bits per heavy atom. The highest BCUT2D eigenvalue weighted by molar-refractivity contribution is 5.68. The second-order valence-electron chi connectivity index (χ2n) is 7.63. The van der Waals surface area contributed by atoms with Crippen molar-refractivity contribution < 1.29 is 14.3 Å². The largest absolute Gasteiger partial charge is 0.480 e. The van der Waals surface area contributed by atoms with Crippen LogP contribution in [0.1, 0.15) is 33.6 Å². The third-order valence-corrected chi connectivity index (χ3v) is 4.71. The van der Waals surface area contributed by atoms with Crippen molar-refractivity contribution in [2.45, 2.75) is 45.3 Å². The molecule has 0 radical (unpaired) electrons. The molecule has 2 aliphatic rings. The molecule has 1 aliphatic heterocycles. The van der Waals surface area contributed by atoms with Crippen molar-refractivity contribution >= 4 is 11.8 Å². The van der Waals surface area contributed by atoms with Gasteiger partial charge in [-0.1, -0.05) is 0 Å². The molecule has 1 amide bonds. The number of alkyl carbamates (subject to hydrolysis) is 1. The Labute approximate surface area is 142 Å². The summed E-state index contributed by atoms with van der Waals surface area (Å²) in [6.07, 6.45) is 3.70. The molecular formula is C17H26N4O3. The van der Waals surface area contributed by atoms with E-state index in [9.17, 15) is 4.79 Å². The fourth-order valence-electron chi connectivity index (χ4n) is 3.72. The lowest BCUT2D eigenvalue weighted by Crippen LogP contribution is -2.53. The number of rotatable bonds is 3. The summed E-state index contributed by atoms with van der Waals surface area (Å²) in [6, 6.07) is 2.10. The number of ether oxygens (including phenoxy) is 2. The minimum Gasteiger partial charge on any atom is -0.480 e. The summed E-state index contributed by atoms with van der Waals surface area (Å²) in [4.78, 5) is 14.4. The third kappa shape index (κ3) is 3.71. The van der Waals surface area contributed by atoms with Gasteiger partial charge in [0.2, 0.25) is 5.88 Å². The number of methoxy groups -OCH3 is 1. The fourth-order valence-corrected chi connectivity index (χ4v) is 3.72. The van der Waals surface area contributed by atoms with Gasteiger partial charge in [0.1, 0.15) is 5.60 Å². The number of amides is 1. The molecule has 2 bridgehead atoms. The van der Waals surface area contributed by atoms with Crippen LogP contribution in [0.3, 0.4) is 0 Å². The summed E-state index contributed by atoms with van der Waals surface area (Å²) in [7, 11) is 1.59. The highest BCUT2D eigenvalue weighted by atomic mass is 16.6. The van der Waals surface area contributed by atoms with Crippen molar-refractivity contribution in [3.05, 3.63) is 12.3 Å². The SMILES string of the molecule is COc1cc(N2CC3CC[C@@H](C2)C3NC(=O)OC(C)(C)C)cnn1. The maximum Gasteiger partial charge on any atom is 0.407 e. The molecule has 1 aliphatic carbocycles. The van der Waals surface area contributed by atoms with Gasteiger partial charge in [-0.15, -0.1) is 5.10 Å². The number of nitrogens with zero attached hydrogens (tertiary/aromatic N) is 3. The van der Waals surface area contributed by atoms with Crippen LogP contribution in [0.25, 0.3) is 0 Å². The van der Waals surface area contributed by atoms with Gasteiger partial charge in [0, 0.05) is 25.2 Å². The van der Waals surface area contributed by atoms with Crippen LogP contribution in [0.15, 0.2) is 12.3 Å². The normalized spacial score (nSPS) is 26.2. The lowest BCUT2D eigenvalue weighted by Gasteiger charge is -2.39. The highest BCUT2D eigenvalue weighted by Crippen LogP contribution is 2.39. The second kappa shape index (κ2) is 6.45. The summed E-state index contributed by atoms with van der Waals surface area (Å²) in [5, 5.41) is 11.0. The predicted molar refractivity (Wildman–Crippen MR) is 90.2 cm³/mol. The van der Waals surface area contributed by atoms with Crippen molar-refractivity contribution in [2.75, 3.05) is 25.1 Å². The van der Waals surface area contributed by atoms with E-state index in [1.165, 1.54) is 0 Å². The zero-order valence-electron chi connectivity index (χ0n) is 14.8. The monoisotopic (exact) mass is 334 g/mol. The van der Waals surface area contributed by atoms with Gasteiger partial charge in [0.05, 0.1) is 19.0 Å². The number of hydrogen-bond donors (Lipinski definition) is 1. The Bertz CT molecular complexity index is 588. The van der Waals surface area contributed by atoms with Gasteiger partial charge in [-0.3, -0.25) is 0 Å². The summed E-state index contributed by atoms with van der Waals surface area (Å²) in [5.74, 6) is 1.37. The maximum atomic E-state index is 12.1. The van der Waals surface area contributed by atoms with E-state index < -0.39 is 5.60 Å². The van der Waals surface area contributed by atoms with Crippen LogP contribution in [0.2, 0.25) is 0 Å². The first-order valence-electron chi connectivity index (χ1n) is 8.47. The molecule has 0 spiro atoms. The number of piperidine rings is 1. The number of nitrogens with one attached hydrogen (secondary N) is 1. The van der Waals surface area contributed by atoms with Crippen LogP contribution >= 0.6 is 0 Å². The van der Waals surface area contributed by atoms with Crippen LogP contribution in [0.5, 0.6) is 5.88 Å². The Kier molecular flexibility index (Phi) is 4.51. The van der Waals surface area contributed by atoms with E-state index >= 15 is 0 Å². The molecule has 2 heterocycles. The van der Waals surface area contributed by atoms with Crippen LogP contribution in [-0.2, 0) is 4.74 Å². The molecule has 0 aromatic carbocycles. The highest BCUT2D eigenvalue weighted by Gasteiger charge is 2.43. The van der Waals surface area contributed by atoms with Crippen molar-refractivity contribution in [3.63, 3.8) is 0 Å². The summed E-state index contributed by atoms with van der Waals surface area (Å²) >= 11 is 0. The minimum absolute atomic E-state index is 0.188. The van der Waals surface area contributed by atoms with Gasteiger partial charge in [-0.2, -0.15) is 5.10 Å². The molecule has 3 rings (SSSR count). The Morgan fingerprint density at radius 3 is 2.54 bits per heavy atom. The van der Waals surface area contributed by atoms with E-state index in [4.69, 9.17) is 9.47 Å². The molecule has 1 aromatic heterocycles. The number of fused-ring (bicyclic) bond motifs is 2. The van der Waals surface area contributed by atoms with E-state index in [0.717, 1.165) is 31.6 Å². The van der Waals surface area contributed by atoms with E-state index in [-0.39, 0.29) is 12.1 Å². The average molecular weight is 334 g/mol. The molecular weight excluding hydrogens is 308 g/mol. The maximum absolute atomic E-state index is 12.1. The third-order valence-electron chi connectivity index (χ3n) is 4.71. The smallest absolute Gasteiger partial charge is 0.407 e. The van der Waals surface area contributed by atoms with E-state index in [1.54, 1.807) is 13.3 Å². The molecule has 1 saturated heterocycles. The standard InChI is InChI=1S/C17H26N4O3/c1-17(2,3)24-16(22)19-15-11-5-6-12(15)10-21(9-11)13-7-14(23-4)20-18-8-13/h7-8,11-12,15H,5-6,9-10H2,1-4H3,(H,19,22)/t11-,12?,15?/m0/s1. The lowest BCUT2D eigenvalue weighted by molar-refractivity contribution is 0.0472. The molecule has 3 atom stereocenters. The number of carbonyl (C=O) groups is 1. The first kappa shape index (κ1) is 16.8. The number of anilines is 1. The van der Waals surface area contributed by atoms with Crippen LogP contribution < -0.4 is 15.0 Å². The lowest BCUT2D eigenvalue weighted by atomic mass is 9.92. The van der Waals surface area contributed by atoms with Crippen molar-refractivity contribution in [2.24, 2.45) is 11.8 Å². The van der Waals surface area contributed by atoms with Crippen LogP contribution in [-0.4, -0.2) is 48.1 Å². The zero-order chi connectivity index (χ0) is 17.3. The average Bonchev–Trinajstić information content (AvgIpc) is 2.75. The van der Waals surface area contributed by atoms with Crippen molar-refractivity contribution in [1.82, 2.24) is 15.5 Å². The van der Waals surface area contributed by atoms with Gasteiger partial charge >= 0.3 is 6.09 Å². The molecule has 2 unspecified atom stereocenters. The molecule has 1 aromatic rings. The molecule has 7 heteroatoms. The molecule has 24 heavy (non-hydrogen) atoms. The molecule has 7 nitrogen and oxygen atoms in total. The Morgan fingerprint density at radius 1 is 1.29 bits per heavy atom. The van der Waals surface area contributed by atoms with E-state index in [1.807, 2.05) is 26.8 Å². The molecule has 1 N–H and O–H groups in total. The summed E-state index contributed by atoms with van der Waals surface area (Å²) in [6.45, 7) is 7.44. The van der Waals surface area contributed by atoms with Crippen LogP contribution in [0, 0.1) is 11.8 Å².